The van der Waals surface area contributed by atoms with Crippen LogP contribution < -0.4 is 5.32 Å². The van der Waals surface area contributed by atoms with Crippen LogP contribution in [0, 0.1) is 0 Å². The highest BCUT2D eigenvalue weighted by Gasteiger charge is 2.09. The first-order valence-corrected chi connectivity index (χ1v) is 7.53. The van der Waals surface area contributed by atoms with Gasteiger partial charge in [-0.3, -0.25) is 9.78 Å². The molecule has 0 aliphatic heterocycles. The minimum Gasteiger partial charge on any atom is -0.348 e. The van der Waals surface area contributed by atoms with Crippen LogP contribution in [0.3, 0.4) is 0 Å². The Morgan fingerprint density at radius 3 is 2.67 bits per heavy atom. The molecule has 1 N–H and O–H groups in total. The van der Waals surface area contributed by atoms with Crippen molar-refractivity contribution < 1.29 is 4.79 Å². The average molecular weight is 294 g/mol. The normalized spacial score (nSPS) is 10.3. The van der Waals surface area contributed by atoms with Gasteiger partial charge in [-0.15, -0.1) is 11.3 Å². The molecule has 1 aromatic carbocycles. The predicted octanol–water partition coefficient (Wildman–Crippen LogP) is 3.74. The summed E-state index contributed by atoms with van der Waals surface area (Å²) in [5, 5.41) is 4.97. The molecule has 3 rings (SSSR count). The van der Waals surface area contributed by atoms with E-state index in [-0.39, 0.29) is 5.91 Å². The molecule has 1 amide bonds. The molecule has 0 unspecified atom stereocenters. The van der Waals surface area contributed by atoms with Crippen LogP contribution in [0.2, 0.25) is 0 Å². The van der Waals surface area contributed by atoms with E-state index >= 15 is 0 Å². The first-order chi connectivity index (χ1) is 10.3. The van der Waals surface area contributed by atoms with E-state index in [0.717, 1.165) is 16.1 Å². The van der Waals surface area contributed by atoms with Gasteiger partial charge in [0, 0.05) is 18.3 Å². The average Bonchev–Trinajstić information content (AvgIpc) is 3.08. The van der Waals surface area contributed by atoms with E-state index in [0.29, 0.717) is 12.1 Å². The zero-order chi connectivity index (χ0) is 14.5. The second-order valence-electron chi connectivity index (χ2n) is 4.54. The molecule has 0 atom stereocenters. The number of aromatic nitrogens is 1. The summed E-state index contributed by atoms with van der Waals surface area (Å²) in [6.45, 7) is 0.467. The van der Waals surface area contributed by atoms with E-state index < -0.39 is 0 Å². The molecule has 0 saturated carbocycles. The van der Waals surface area contributed by atoms with Crippen LogP contribution in [0.25, 0.3) is 10.6 Å². The number of carbonyl (C=O) groups excluding carboxylic acids is 1. The quantitative estimate of drug-likeness (QED) is 0.796. The standard InChI is InChI=1S/C17H14N2OS/c20-17(13-6-2-1-3-7-13)19-12-14-8-4-10-18-16(14)15-9-5-11-21-15/h1-11H,12H2,(H,19,20). The number of carbonyl (C=O) groups is 1. The first kappa shape index (κ1) is 13.5. The maximum Gasteiger partial charge on any atom is 0.251 e. The Kier molecular flexibility index (Phi) is 4.07. The van der Waals surface area contributed by atoms with Crippen molar-refractivity contribution in [3.05, 3.63) is 77.3 Å². The maximum atomic E-state index is 12.1. The van der Waals surface area contributed by atoms with E-state index in [4.69, 9.17) is 0 Å². The van der Waals surface area contributed by atoms with Crippen molar-refractivity contribution in [3.63, 3.8) is 0 Å². The lowest BCUT2D eigenvalue weighted by Gasteiger charge is -2.08. The molecule has 2 aromatic heterocycles. The number of benzene rings is 1. The van der Waals surface area contributed by atoms with Crippen molar-refractivity contribution in [2.75, 3.05) is 0 Å². The third-order valence-electron chi connectivity index (χ3n) is 3.12. The summed E-state index contributed by atoms with van der Waals surface area (Å²) in [6.07, 6.45) is 1.78. The Morgan fingerprint density at radius 2 is 1.90 bits per heavy atom. The zero-order valence-corrected chi connectivity index (χ0v) is 12.1. The molecule has 0 aliphatic carbocycles. The molecule has 0 spiro atoms. The summed E-state index contributed by atoms with van der Waals surface area (Å²) in [6, 6.07) is 17.1. The van der Waals surface area contributed by atoms with Crippen LogP contribution in [0.4, 0.5) is 0 Å². The molecule has 0 fully saturated rings. The molecule has 4 heteroatoms. The monoisotopic (exact) mass is 294 g/mol. The van der Waals surface area contributed by atoms with Crippen LogP contribution in [-0.4, -0.2) is 10.9 Å². The summed E-state index contributed by atoms with van der Waals surface area (Å²) in [7, 11) is 0. The van der Waals surface area contributed by atoms with Gasteiger partial charge in [-0.2, -0.15) is 0 Å². The highest BCUT2D eigenvalue weighted by molar-refractivity contribution is 7.13. The summed E-state index contributed by atoms with van der Waals surface area (Å²) >= 11 is 1.65. The van der Waals surface area contributed by atoms with Crippen molar-refractivity contribution in [2.24, 2.45) is 0 Å². The number of pyridine rings is 1. The van der Waals surface area contributed by atoms with Crippen molar-refractivity contribution in [3.8, 4) is 10.6 Å². The van der Waals surface area contributed by atoms with Crippen molar-refractivity contribution in [1.82, 2.24) is 10.3 Å². The number of thiophene rings is 1. The molecular formula is C17H14N2OS. The Morgan fingerprint density at radius 1 is 1.05 bits per heavy atom. The van der Waals surface area contributed by atoms with Crippen LogP contribution in [0.15, 0.2) is 66.2 Å². The fourth-order valence-corrected chi connectivity index (χ4v) is 2.84. The highest BCUT2D eigenvalue weighted by Crippen LogP contribution is 2.25. The zero-order valence-electron chi connectivity index (χ0n) is 11.3. The Bertz CT molecular complexity index is 724. The van der Waals surface area contributed by atoms with Gasteiger partial charge in [0.1, 0.15) is 0 Å². The smallest absolute Gasteiger partial charge is 0.251 e. The highest BCUT2D eigenvalue weighted by atomic mass is 32.1. The van der Waals surface area contributed by atoms with Crippen LogP contribution in [-0.2, 0) is 6.54 Å². The van der Waals surface area contributed by atoms with Crippen LogP contribution in [0.5, 0.6) is 0 Å². The van der Waals surface area contributed by atoms with Crippen molar-refractivity contribution in [2.45, 2.75) is 6.54 Å². The summed E-state index contributed by atoms with van der Waals surface area (Å²) in [5.74, 6) is -0.0726. The van der Waals surface area contributed by atoms with Crippen LogP contribution in [0.1, 0.15) is 15.9 Å². The van der Waals surface area contributed by atoms with Crippen molar-refractivity contribution >= 4 is 17.2 Å². The molecule has 0 aliphatic rings. The van der Waals surface area contributed by atoms with E-state index in [1.165, 1.54) is 0 Å². The van der Waals surface area contributed by atoms with Gasteiger partial charge in [0.2, 0.25) is 0 Å². The molecule has 0 radical (unpaired) electrons. The SMILES string of the molecule is O=C(NCc1cccnc1-c1cccs1)c1ccccc1. The molecule has 0 bridgehead atoms. The second kappa shape index (κ2) is 6.33. The fourth-order valence-electron chi connectivity index (χ4n) is 2.08. The summed E-state index contributed by atoms with van der Waals surface area (Å²) in [5.41, 5.74) is 2.61. The van der Waals surface area contributed by atoms with Gasteiger partial charge in [0.25, 0.3) is 5.91 Å². The summed E-state index contributed by atoms with van der Waals surface area (Å²) in [4.78, 5) is 17.6. The van der Waals surface area contributed by atoms with Gasteiger partial charge < -0.3 is 5.32 Å². The Hall–Kier alpha value is -2.46. The minimum atomic E-state index is -0.0726. The summed E-state index contributed by atoms with van der Waals surface area (Å²) < 4.78 is 0. The third kappa shape index (κ3) is 3.17. The lowest BCUT2D eigenvalue weighted by Crippen LogP contribution is -2.23. The van der Waals surface area contributed by atoms with Crippen LogP contribution >= 0.6 is 11.3 Å². The number of hydrogen-bond acceptors (Lipinski definition) is 3. The first-order valence-electron chi connectivity index (χ1n) is 6.65. The van der Waals surface area contributed by atoms with Gasteiger partial charge in [0.15, 0.2) is 0 Å². The predicted molar refractivity (Wildman–Crippen MR) is 85.2 cm³/mol. The van der Waals surface area contributed by atoms with Gasteiger partial charge >= 0.3 is 0 Å². The van der Waals surface area contributed by atoms with E-state index in [1.54, 1.807) is 29.7 Å². The van der Waals surface area contributed by atoms with E-state index in [2.05, 4.69) is 10.3 Å². The van der Waals surface area contributed by atoms with E-state index in [9.17, 15) is 4.79 Å². The third-order valence-corrected chi connectivity index (χ3v) is 4.00. The van der Waals surface area contributed by atoms with Gasteiger partial charge in [-0.1, -0.05) is 30.3 Å². The van der Waals surface area contributed by atoms with Gasteiger partial charge in [-0.25, -0.2) is 0 Å². The number of amides is 1. The fraction of sp³-hybridized carbons (Fsp3) is 0.0588. The number of nitrogens with one attached hydrogen (secondary N) is 1. The van der Waals surface area contributed by atoms with Crippen molar-refractivity contribution in [1.29, 1.82) is 0 Å². The van der Waals surface area contributed by atoms with Gasteiger partial charge in [0.05, 0.1) is 10.6 Å². The van der Waals surface area contributed by atoms with E-state index in [1.807, 2.05) is 47.8 Å². The molecule has 3 aromatic rings. The molecule has 104 valence electrons. The second-order valence-corrected chi connectivity index (χ2v) is 5.48. The minimum absolute atomic E-state index is 0.0726. The number of rotatable bonds is 4. The molecule has 3 nitrogen and oxygen atoms in total. The lowest BCUT2D eigenvalue weighted by atomic mass is 10.1. The van der Waals surface area contributed by atoms with Gasteiger partial charge in [-0.05, 0) is 35.2 Å². The molecular weight excluding hydrogens is 280 g/mol. The number of nitrogens with zero attached hydrogens (tertiary/aromatic N) is 1. The Labute approximate surface area is 127 Å². The largest absolute Gasteiger partial charge is 0.348 e. The molecule has 0 saturated heterocycles. The number of hydrogen-bond donors (Lipinski definition) is 1. The topological polar surface area (TPSA) is 42.0 Å². The lowest BCUT2D eigenvalue weighted by molar-refractivity contribution is 0.0951. The molecule has 2 heterocycles. The Balaban J connectivity index is 1.76. The maximum absolute atomic E-state index is 12.1. The molecule has 21 heavy (non-hydrogen) atoms.